The van der Waals surface area contributed by atoms with Crippen molar-refractivity contribution in [2.24, 2.45) is 0 Å². The van der Waals surface area contributed by atoms with Crippen LogP contribution in [0, 0.1) is 10.1 Å². The standard InChI is InChI=1S/C13H10BrNO3/c14-12-6-7-18-13(12)9-11(15(16)17)8-10-4-2-1-3-5-10/h1-7,9H,8H2/b11-9+. The van der Waals surface area contributed by atoms with Gasteiger partial charge in [0.25, 0.3) is 5.70 Å². The fourth-order valence-electron chi connectivity index (χ4n) is 1.53. The highest BCUT2D eigenvalue weighted by Crippen LogP contribution is 2.21. The first kappa shape index (κ1) is 12.6. The van der Waals surface area contributed by atoms with Gasteiger partial charge in [0.2, 0.25) is 0 Å². The van der Waals surface area contributed by atoms with E-state index < -0.39 is 0 Å². The Labute approximate surface area is 112 Å². The molecule has 0 N–H and O–H groups in total. The Bertz CT molecular complexity index is 575. The summed E-state index contributed by atoms with van der Waals surface area (Å²) in [5.41, 5.74) is 0.986. The van der Waals surface area contributed by atoms with Crippen molar-refractivity contribution in [1.29, 1.82) is 0 Å². The number of allylic oxidation sites excluding steroid dienone is 1. The summed E-state index contributed by atoms with van der Waals surface area (Å²) in [7, 11) is 0. The summed E-state index contributed by atoms with van der Waals surface area (Å²) in [5.74, 6) is 0.456. The van der Waals surface area contributed by atoms with Gasteiger partial charge in [-0.3, -0.25) is 10.1 Å². The quantitative estimate of drug-likeness (QED) is 0.636. The van der Waals surface area contributed by atoms with Crippen LogP contribution in [0.25, 0.3) is 6.08 Å². The molecule has 1 heterocycles. The van der Waals surface area contributed by atoms with E-state index >= 15 is 0 Å². The van der Waals surface area contributed by atoms with Crippen LogP contribution in [0.4, 0.5) is 0 Å². The van der Waals surface area contributed by atoms with Crippen molar-refractivity contribution in [1.82, 2.24) is 0 Å². The predicted molar refractivity (Wildman–Crippen MR) is 71.5 cm³/mol. The van der Waals surface area contributed by atoms with Gasteiger partial charge in [-0.1, -0.05) is 30.3 Å². The number of nitro groups is 1. The third kappa shape index (κ3) is 3.07. The third-order valence-electron chi connectivity index (χ3n) is 2.41. The number of rotatable bonds is 4. The van der Waals surface area contributed by atoms with E-state index in [0.29, 0.717) is 10.2 Å². The Kier molecular flexibility index (Phi) is 3.94. The molecule has 0 aliphatic rings. The van der Waals surface area contributed by atoms with E-state index in [-0.39, 0.29) is 17.0 Å². The summed E-state index contributed by atoms with van der Waals surface area (Å²) >= 11 is 3.27. The van der Waals surface area contributed by atoms with Gasteiger partial charge in [-0.25, -0.2) is 0 Å². The van der Waals surface area contributed by atoms with Crippen LogP contribution >= 0.6 is 15.9 Å². The maximum absolute atomic E-state index is 11.0. The van der Waals surface area contributed by atoms with Crippen LogP contribution in [0.1, 0.15) is 11.3 Å². The van der Waals surface area contributed by atoms with E-state index in [1.807, 2.05) is 30.3 Å². The zero-order valence-electron chi connectivity index (χ0n) is 9.38. The van der Waals surface area contributed by atoms with Crippen LogP contribution in [-0.4, -0.2) is 4.92 Å². The molecule has 0 amide bonds. The normalized spacial score (nSPS) is 11.5. The second-order valence-electron chi connectivity index (χ2n) is 3.69. The third-order valence-corrected chi connectivity index (χ3v) is 3.06. The first-order valence-electron chi connectivity index (χ1n) is 5.28. The zero-order valence-corrected chi connectivity index (χ0v) is 11.0. The average molecular weight is 308 g/mol. The molecule has 0 atom stereocenters. The van der Waals surface area contributed by atoms with E-state index in [4.69, 9.17) is 4.42 Å². The minimum atomic E-state index is -0.387. The van der Waals surface area contributed by atoms with Crippen LogP contribution in [0.2, 0.25) is 0 Å². The molecular weight excluding hydrogens is 298 g/mol. The van der Waals surface area contributed by atoms with Gasteiger partial charge in [0.05, 0.1) is 28.2 Å². The summed E-state index contributed by atoms with van der Waals surface area (Å²) in [4.78, 5) is 10.6. The number of hydrogen-bond acceptors (Lipinski definition) is 3. The SMILES string of the molecule is O=[N+]([O-])/C(=C/c1occc1Br)Cc1ccccc1. The van der Waals surface area contributed by atoms with Crippen molar-refractivity contribution in [3.63, 3.8) is 0 Å². The molecule has 2 aromatic rings. The molecule has 0 saturated heterocycles. The fourth-order valence-corrected chi connectivity index (χ4v) is 1.85. The van der Waals surface area contributed by atoms with Crippen molar-refractivity contribution < 1.29 is 9.34 Å². The monoisotopic (exact) mass is 307 g/mol. The lowest BCUT2D eigenvalue weighted by molar-refractivity contribution is -0.425. The van der Waals surface area contributed by atoms with E-state index in [1.165, 1.54) is 12.3 Å². The molecule has 4 nitrogen and oxygen atoms in total. The van der Waals surface area contributed by atoms with Crippen LogP contribution < -0.4 is 0 Å². The Morgan fingerprint density at radius 2 is 2.06 bits per heavy atom. The lowest BCUT2D eigenvalue weighted by Gasteiger charge is -1.99. The molecule has 18 heavy (non-hydrogen) atoms. The van der Waals surface area contributed by atoms with Gasteiger partial charge >= 0.3 is 0 Å². The molecule has 1 aromatic heterocycles. The van der Waals surface area contributed by atoms with Crippen molar-refractivity contribution in [2.45, 2.75) is 6.42 Å². The van der Waals surface area contributed by atoms with Crippen molar-refractivity contribution in [2.75, 3.05) is 0 Å². The number of benzene rings is 1. The summed E-state index contributed by atoms with van der Waals surface area (Å²) < 4.78 is 5.86. The lowest BCUT2D eigenvalue weighted by Crippen LogP contribution is -2.02. The molecular formula is C13H10BrNO3. The molecule has 0 aliphatic heterocycles. The van der Waals surface area contributed by atoms with Gasteiger partial charge in [-0.15, -0.1) is 0 Å². The Morgan fingerprint density at radius 1 is 1.33 bits per heavy atom. The number of nitrogens with zero attached hydrogens (tertiary/aromatic N) is 1. The van der Waals surface area contributed by atoms with Gasteiger partial charge in [0, 0.05) is 0 Å². The van der Waals surface area contributed by atoms with Crippen molar-refractivity contribution in [3.8, 4) is 0 Å². The molecule has 0 spiro atoms. The maximum Gasteiger partial charge on any atom is 0.254 e. The molecule has 92 valence electrons. The largest absolute Gasteiger partial charge is 0.464 e. The minimum absolute atomic E-state index is 0.0943. The van der Waals surface area contributed by atoms with Gasteiger partial charge in [0.1, 0.15) is 5.76 Å². The number of halogens is 1. The zero-order chi connectivity index (χ0) is 13.0. The summed E-state index contributed by atoms with van der Waals surface area (Å²) in [6, 6.07) is 11.0. The Morgan fingerprint density at radius 3 is 2.61 bits per heavy atom. The average Bonchev–Trinajstić information content (AvgIpc) is 2.75. The molecule has 0 unspecified atom stereocenters. The van der Waals surface area contributed by atoms with Gasteiger partial charge < -0.3 is 4.42 Å². The highest BCUT2D eigenvalue weighted by Gasteiger charge is 2.14. The van der Waals surface area contributed by atoms with E-state index in [0.717, 1.165) is 5.56 Å². The second kappa shape index (κ2) is 5.64. The molecule has 5 heteroatoms. The van der Waals surface area contributed by atoms with E-state index in [2.05, 4.69) is 15.9 Å². The highest BCUT2D eigenvalue weighted by molar-refractivity contribution is 9.10. The smallest absolute Gasteiger partial charge is 0.254 e. The highest BCUT2D eigenvalue weighted by atomic mass is 79.9. The van der Waals surface area contributed by atoms with Crippen LogP contribution in [0.15, 0.2) is 57.2 Å². The lowest BCUT2D eigenvalue weighted by atomic mass is 10.1. The van der Waals surface area contributed by atoms with Crippen LogP contribution in [-0.2, 0) is 6.42 Å². The summed E-state index contributed by atoms with van der Waals surface area (Å²) in [5, 5.41) is 11.0. The topological polar surface area (TPSA) is 56.3 Å². The molecule has 0 saturated carbocycles. The first-order chi connectivity index (χ1) is 8.66. The molecule has 2 rings (SSSR count). The summed E-state index contributed by atoms with van der Waals surface area (Å²) in [6.07, 6.45) is 3.19. The molecule has 1 aromatic carbocycles. The predicted octanol–water partition coefficient (Wildman–Crippen LogP) is 3.90. The molecule has 0 aliphatic carbocycles. The summed E-state index contributed by atoms with van der Waals surface area (Å²) in [6.45, 7) is 0. The number of hydrogen-bond donors (Lipinski definition) is 0. The maximum atomic E-state index is 11.0. The van der Waals surface area contributed by atoms with Crippen molar-refractivity contribution in [3.05, 3.63) is 74.3 Å². The minimum Gasteiger partial charge on any atom is -0.464 e. The molecule has 0 radical (unpaired) electrons. The molecule has 0 fully saturated rings. The molecule has 0 bridgehead atoms. The van der Waals surface area contributed by atoms with Crippen molar-refractivity contribution >= 4 is 22.0 Å². The Balaban J connectivity index is 2.27. The fraction of sp³-hybridized carbons (Fsp3) is 0.0769. The van der Waals surface area contributed by atoms with Gasteiger partial charge in [-0.05, 0) is 27.6 Å². The van der Waals surface area contributed by atoms with Crippen LogP contribution in [0.5, 0.6) is 0 Å². The first-order valence-corrected chi connectivity index (χ1v) is 6.08. The van der Waals surface area contributed by atoms with Gasteiger partial charge in [0.15, 0.2) is 0 Å². The van der Waals surface area contributed by atoms with E-state index in [1.54, 1.807) is 6.07 Å². The van der Waals surface area contributed by atoms with Crippen LogP contribution in [0.3, 0.4) is 0 Å². The second-order valence-corrected chi connectivity index (χ2v) is 4.54. The Hall–Kier alpha value is -1.88. The van der Waals surface area contributed by atoms with E-state index in [9.17, 15) is 10.1 Å². The number of furan rings is 1. The van der Waals surface area contributed by atoms with Gasteiger partial charge in [-0.2, -0.15) is 0 Å².